The second-order valence-electron chi connectivity index (χ2n) is 7.09. The van der Waals surface area contributed by atoms with Gasteiger partial charge in [-0.1, -0.05) is 60.2 Å². The molecule has 4 nitrogen and oxygen atoms in total. The summed E-state index contributed by atoms with van der Waals surface area (Å²) >= 11 is 0. The third-order valence-electron chi connectivity index (χ3n) is 4.97. The van der Waals surface area contributed by atoms with Crippen LogP contribution in [0.2, 0.25) is 0 Å². The number of carboxylic acid groups (broad SMARTS) is 1. The van der Waals surface area contributed by atoms with Crippen molar-refractivity contribution in [1.29, 1.82) is 0 Å². The SMILES string of the molecule is COCc1ccc(-c2ccc(-c3cc(C(=O)O)c4cc(C)ccc4n3)cc2)cc1. The molecule has 29 heavy (non-hydrogen) atoms. The number of pyridine rings is 1. The number of benzene rings is 3. The van der Waals surface area contributed by atoms with Crippen molar-refractivity contribution in [3.05, 3.63) is 89.5 Å². The van der Waals surface area contributed by atoms with Crippen LogP contribution in [0, 0.1) is 6.92 Å². The average Bonchev–Trinajstić information content (AvgIpc) is 2.74. The van der Waals surface area contributed by atoms with E-state index < -0.39 is 5.97 Å². The van der Waals surface area contributed by atoms with Crippen molar-refractivity contribution >= 4 is 16.9 Å². The second-order valence-corrected chi connectivity index (χ2v) is 7.09. The number of ether oxygens (including phenoxy) is 1. The number of methoxy groups -OCH3 is 1. The Kier molecular flexibility index (Phi) is 5.10. The molecule has 3 aromatic carbocycles. The fourth-order valence-corrected chi connectivity index (χ4v) is 3.46. The molecule has 4 aromatic rings. The molecule has 0 saturated carbocycles. The smallest absolute Gasteiger partial charge is 0.336 e. The number of aromatic nitrogens is 1. The first-order valence-electron chi connectivity index (χ1n) is 9.38. The summed E-state index contributed by atoms with van der Waals surface area (Å²) in [4.78, 5) is 16.5. The third kappa shape index (κ3) is 3.89. The monoisotopic (exact) mass is 383 g/mol. The Morgan fingerprint density at radius 1 is 0.897 bits per heavy atom. The summed E-state index contributed by atoms with van der Waals surface area (Å²) in [5.74, 6) is -0.947. The maximum atomic E-state index is 11.8. The topological polar surface area (TPSA) is 59.4 Å². The van der Waals surface area contributed by atoms with E-state index in [-0.39, 0.29) is 5.56 Å². The van der Waals surface area contributed by atoms with E-state index in [1.165, 1.54) is 0 Å². The summed E-state index contributed by atoms with van der Waals surface area (Å²) in [7, 11) is 1.68. The highest BCUT2D eigenvalue weighted by Gasteiger charge is 2.13. The minimum atomic E-state index is -0.947. The van der Waals surface area contributed by atoms with E-state index in [9.17, 15) is 9.90 Å². The molecule has 0 atom stereocenters. The lowest BCUT2D eigenvalue weighted by Gasteiger charge is -2.09. The van der Waals surface area contributed by atoms with E-state index in [0.717, 1.165) is 27.8 Å². The van der Waals surface area contributed by atoms with Crippen molar-refractivity contribution in [2.24, 2.45) is 0 Å². The molecular weight excluding hydrogens is 362 g/mol. The molecule has 0 unspecified atom stereocenters. The Morgan fingerprint density at radius 2 is 1.52 bits per heavy atom. The van der Waals surface area contributed by atoms with Gasteiger partial charge in [0.1, 0.15) is 0 Å². The van der Waals surface area contributed by atoms with Gasteiger partial charge in [0.2, 0.25) is 0 Å². The van der Waals surface area contributed by atoms with E-state index in [1.807, 2.05) is 49.4 Å². The summed E-state index contributed by atoms with van der Waals surface area (Å²) in [5.41, 5.74) is 6.84. The molecule has 0 saturated heterocycles. The number of hydrogen-bond donors (Lipinski definition) is 1. The van der Waals surface area contributed by atoms with Gasteiger partial charge in [-0.3, -0.25) is 0 Å². The van der Waals surface area contributed by atoms with E-state index in [4.69, 9.17) is 4.74 Å². The van der Waals surface area contributed by atoms with Crippen LogP contribution < -0.4 is 0 Å². The number of aryl methyl sites for hydroxylation is 1. The predicted octanol–water partition coefficient (Wildman–Crippen LogP) is 5.72. The van der Waals surface area contributed by atoms with Crippen molar-refractivity contribution in [2.45, 2.75) is 13.5 Å². The number of rotatable bonds is 5. The van der Waals surface area contributed by atoms with Crippen molar-refractivity contribution in [1.82, 2.24) is 4.98 Å². The van der Waals surface area contributed by atoms with Gasteiger partial charge in [0.15, 0.2) is 0 Å². The fraction of sp³-hybridized carbons (Fsp3) is 0.120. The summed E-state index contributed by atoms with van der Waals surface area (Å²) in [6, 6.07) is 23.6. The highest BCUT2D eigenvalue weighted by atomic mass is 16.5. The molecule has 0 aliphatic heterocycles. The Bertz CT molecular complexity index is 1180. The molecule has 1 aromatic heterocycles. The second kappa shape index (κ2) is 7.86. The van der Waals surface area contributed by atoms with Crippen molar-refractivity contribution in [2.75, 3.05) is 7.11 Å². The lowest BCUT2D eigenvalue weighted by molar-refractivity contribution is 0.0699. The number of nitrogens with zero attached hydrogens (tertiary/aromatic N) is 1. The van der Waals surface area contributed by atoms with Gasteiger partial charge in [-0.05, 0) is 41.8 Å². The van der Waals surface area contributed by atoms with Crippen LogP contribution in [-0.2, 0) is 11.3 Å². The maximum absolute atomic E-state index is 11.8. The fourth-order valence-electron chi connectivity index (χ4n) is 3.46. The van der Waals surface area contributed by atoms with Crippen LogP contribution in [0.1, 0.15) is 21.5 Å². The molecule has 0 spiro atoms. The Morgan fingerprint density at radius 3 is 2.14 bits per heavy atom. The number of aromatic carboxylic acids is 1. The van der Waals surface area contributed by atoms with Crippen LogP contribution in [0.3, 0.4) is 0 Å². The maximum Gasteiger partial charge on any atom is 0.336 e. The summed E-state index contributed by atoms with van der Waals surface area (Å²) in [6.07, 6.45) is 0. The lowest BCUT2D eigenvalue weighted by Crippen LogP contribution is -2.00. The van der Waals surface area contributed by atoms with Crippen LogP contribution in [0.4, 0.5) is 0 Å². The average molecular weight is 383 g/mol. The zero-order valence-corrected chi connectivity index (χ0v) is 16.3. The molecular formula is C25H21NO3. The Hall–Kier alpha value is -3.50. The molecule has 0 fully saturated rings. The number of carboxylic acids is 1. The third-order valence-corrected chi connectivity index (χ3v) is 4.97. The van der Waals surface area contributed by atoms with Crippen LogP contribution in [0.25, 0.3) is 33.3 Å². The summed E-state index contributed by atoms with van der Waals surface area (Å²) < 4.78 is 5.15. The van der Waals surface area contributed by atoms with E-state index in [2.05, 4.69) is 29.2 Å². The van der Waals surface area contributed by atoms with Gasteiger partial charge in [0, 0.05) is 18.1 Å². The molecule has 0 amide bonds. The van der Waals surface area contributed by atoms with Crippen molar-refractivity contribution in [3.8, 4) is 22.4 Å². The van der Waals surface area contributed by atoms with Crippen LogP contribution in [0.15, 0.2) is 72.8 Å². The van der Waals surface area contributed by atoms with Gasteiger partial charge < -0.3 is 9.84 Å². The van der Waals surface area contributed by atoms with E-state index in [0.29, 0.717) is 23.2 Å². The van der Waals surface area contributed by atoms with E-state index in [1.54, 1.807) is 13.2 Å². The standard InChI is InChI=1S/C25H21NO3/c1-16-3-12-23-21(13-16)22(25(27)28)14-24(26-23)20-10-8-19(9-11-20)18-6-4-17(5-7-18)15-29-2/h3-14H,15H2,1-2H3,(H,27,28). The van der Waals surface area contributed by atoms with Gasteiger partial charge in [-0.15, -0.1) is 0 Å². The van der Waals surface area contributed by atoms with Crippen LogP contribution >= 0.6 is 0 Å². The molecule has 0 bridgehead atoms. The quantitative estimate of drug-likeness (QED) is 0.479. The van der Waals surface area contributed by atoms with Crippen LogP contribution in [0.5, 0.6) is 0 Å². The molecule has 144 valence electrons. The van der Waals surface area contributed by atoms with Gasteiger partial charge in [-0.25, -0.2) is 9.78 Å². The minimum absolute atomic E-state index is 0.270. The first-order valence-corrected chi connectivity index (χ1v) is 9.38. The normalized spacial score (nSPS) is 11.0. The zero-order chi connectivity index (χ0) is 20.4. The molecule has 0 aliphatic carbocycles. The molecule has 4 heteroatoms. The highest BCUT2D eigenvalue weighted by molar-refractivity contribution is 6.04. The van der Waals surface area contributed by atoms with Crippen molar-refractivity contribution in [3.63, 3.8) is 0 Å². The Balaban J connectivity index is 1.71. The first-order chi connectivity index (χ1) is 14.0. The van der Waals surface area contributed by atoms with Crippen LogP contribution in [-0.4, -0.2) is 23.2 Å². The molecule has 1 heterocycles. The summed E-state index contributed by atoms with van der Waals surface area (Å²) in [6.45, 7) is 2.54. The molecule has 0 radical (unpaired) electrons. The predicted molar refractivity (Wildman–Crippen MR) is 115 cm³/mol. The molecule has 0 aliphatic rings. The lowest BCUT2D eigenvalue weighted by atomic mass is 9.99. The minimum Gasteiger partial charge on any atom is -0.478 e. The molecule has 4 rings (SSSR count). The number of fused-ring (bicyclic) bond motifs is 1. The summed E-state index contributed by atoms with van der Waals surface area (Å²) in [5, 5.41) is 10.3. The highest BCUT2D eigenvalue weighted by Crippen LogP contribution is 2.28. The Labute approximate surface area is 169 Å². The number of hydrogen-bond acceptors (Lipinski definition) is 3. The van der Waals surface area contributed by atoms with Gasteiger partial charge in [-0.2, -0.15) is 0 Å². The van der Waals surface area contributed by atoms with E-state index >= 15 is 0 Å². The molecule has 1 N–H and O–H groups in total. The van der Waals surface area contributed by atoms with Gasteiger partial charge in [0.05, 0.1) is 23.4 Å². The van der Waals surface area contributed by atoms with Gasteiger partial charge in [0.25, 0.3) is 0 Å². The number of carbonyl (C=O) groups is 1. The van der Waals surface area contributed by atoms with Crippen molar-refractivity contribution < 1.29 is 14.6 Å². The zero-order valence-electron chi connectivity index (χ0n) is 16.3. The largest absolute Gasteiger partial charge is 0.478 e. The first kappa shape index (κ1) is 18.8. The van der Waals surface area contributed by atoms with Gasteiger partial charge >= 0.3 is 5.97 Å².